The van der Waals surface area contributed by atoms with Gasteiger partial charge in [0.25, 0.3) is 0 Å². The van der Waals surface area contributed by atoms with Crippen LogP contribution in [0.5, 0.6) is 0 Å². The normalized spacial score (nSPS) is 14.1. The minimum absolute atomic E-state index is 0.147. The lowest BCUT2D eigenvalue weighted by Crippen LogP contribution is -2.43. The van der Waals surface area contributed by atoms with Crippen molar-refractivity contribution >= 4 is 25.7 Å². The average molecular weight is 800 g/mol. The third-order valence-electron chi connectivity index (χ3n) is 9.18. The topological polar surface area (TPSA) is 169 Å². The Morgan fingerprint density at radius 1 is 0.582 bits per heavy atom. The number of allylic oxidation sites excluding steroid dienone is 6. The van der Waals surface area contributed by atoms with E-state index in [2.05, 4.69) is 55.6 Å². The number of carboxylic acids is 1. The maximum absolute atomic E-state index is 12.2. The molecule has 0 aromatic rings. The van der Waals surface area contributed by atoms with Crippen molar-refractivity contribution in [2.24, 2.45) is 0 Å². The molecule has 0 bridgehead atoms. The number of nitrogens with one attached hydrogen (secondary N) is 1. The number of carboxylic acid groups (broad SMARTS) is 1. The number of amides is 1. The summed E-state index contributed by atoms with van der Waals surface area (Å²) in [5.74, 6) is -2.38. The van der Waals surface area contributed by atoms with E-state index in [4.69, 9.17) is 13.8 Å². The van der Waals surface area contributed by atoms with Crippen LogP contribution in [-0.4, -0.2) is 64.9 Å². The van der Waals surface area contributed by atoms with Crippen LogP contribution in [0.4, 0.5) is 0 Å². The molecule has 0 rings (SSSR count). The molecule has 0 aliphatic heterocycles. The molecular weight excluding hydrogens is 721 g/mol. The van der Waals surface area contributed by atoms with Gasteiger partial charge < -0.3 is 25.2 Å². The highest BCUT2D eigenvalue weighted by Crippen LogP contribution is 2.43. The van der Waals surface area contributed by atoms with E-state index in [0.29, 0.717) is 12.8 Å². The van der Waals surface area contributed by atoms with Gasteiger partial charge in [-0.05, 0) is 51.4 Å². The maximum Gasteiger partial charge on any atom is 0.472 e. The number of phosphoric acid groups is 1. The molecule has 0 heterocycles. The monoisotopic (exact) mass is 800 g/mol. The molecule has 3 atom stereocenters. The van der Waals surface area contributed by atoms with Crippen molar-refractivity contribution in [1.29, 1.82) is 0 Å². The Balaban J connectivity index is 3.87. The van der Waals surface area contributed by atoms with Crippen molar-refractivity contribution in [1.82, 2.24) is 5.32 Å². The number of phosphoric ester groups is 1. The quantitative estimate of drug-likeness (QED) is 0.0202. The van der Waals surface area contributed by atoms with Crippen LogP contribution < -0.4 is 5.32 Å². The molecule has 0 aliphatic rings. The standard InChI is InChI=1S/C43H78NO10P/c1-3-5-7-9-11-13-15-16-17-18-19-20-21-22-23-24-25-27-29-31-33-35-42(47)52-36-39(45)37-53-55(50,51)54-38-40(43(48)49)44-41(46)34-32-30-28-26-14-12-10-8-6-4-2/h11,13,16-17,19-20,39-40,45H,3-10,12,14-15,18,21-38H2,1-2H3,(H,44,46)(H,48,49)(H,50,51)/b13-11-,17-16-,20-19-. The Hall–Kier alpha value is -2.30. The summed E-state index contributed by atoms with van der Waals surface area (Å²) in [6.45, 7) is 2.53. The molecule has 12 heteroatoms. The summed E-state index contributed by atoms with van der Waals surface area (Å²) in [4.78, 5) is 45.7. The van der Waals surface area contributed by atoms with Crippen LogP contribution in [0.25, 0.3) is 0 Å². The number of aliphatic hydroxyl groups excluding tert-OH is 1. The zero-order valence-corrected chi connectivity index (χ0v) is 35.4. The molecule has 0 aliphatic carbocycles. The van der Waals surface area contributed by atoms with Gasteiger partial charge >= 0.3 is 19.8 Å². The lowest BCUT2D eigenvalue weighted by Gasteiger charge is -2.18. The van der Waals surface area contributed by atoms with Crippen LogP contribution in [0.2, 0.25) is 0 Å². The van der Waals surface area contributed by atoms with Crippen molar-refractivity contribution in [2.75, 3.05) is 19.8 Å². The van der Waals surface area contributed by atoms with E-state index in [1.54, 1.807) is 0 Å². The number of unbranched alkanes of at least 4 members (excludes halogenated alkanes) is 20. The minimum Gasteiger partial charge on any atom is -0.480 e. The molecule has 0 aromatic heterocycles. The highest BCUT2D eigenvalue weighted by atomic mass is 31.2. The van der Waals surface area contributed by atoms with E-state index in [9.17, 15) is 34.1 Å². The fourth-order valence-electron chi connectivity index (χ4n) is 5.79. The van der Waals surface area contributed by atoms with E-state index in [-0.39, 0.29) is 12.8 Å². The van der Waals surface area contributed by atoms with E-state index < -0.39 is 57.6 Å². The lowest BCUT2D eigenvalue weighted by molar-refractivity contribution is -0.147. The van der Waals surface area contributed by atoms with E-state index in [1.807, 2.05) is 0 Å². The summed E-state index contributed by atoms with van der Waals surface area (Å²) in [5.41, 5.74) is 0. The number of aliphatic hydroxyl groups is 1. The highest BCUT2D eigenvalue weighted by Gasteiger charge is 2.28. The fourth-order valence-corrected chi connectivity index (χ4v) is 6.56. The second kappa shape index (κ2) is 38.6. The van der Waals surface area contributed by atoms with Crippen LogP contribution in [0.1, 0.15) is 187 Å². The molecule has 55 heavy (non-hydrogen) atoms. The highest BCUT2D eigenvalue weighted by molar-refractivity contribution is 7.47. The Bertz CT molecular complexity index is 1080. The number of carbonyl (C=O) groups is 3. The van der Waals surface area contributed by atoms with E-state index in [0.717, 1.165) is 57.8 Å². The smallest absolute Gasteiger partial charge is 0.472 e. The molecule has 0 spiro atoms. The van der Waals surface area contributed by atoms with Crippen LogP contribution >= 0.6 is 7.82 Å². The van der Waals surface area contributed by atoms with Gasteiger partial charge in [-0.2, -0.15) is 0 Å². The predicted molar refractivity (Wildman–Crippen MR) is 222 cm³/mol. The maximum atomic E-state index is 12.2. The first-order valence-corrected chi connectivity index (χ1v) is 23.0. The third-order valence-corrected chi connectivity index (χ3v) is 10.1. The SMILES string of the molecule is CCCCC/C=C\C/C=C\C/C=C\CCCCCCCCCCC(=O)OCC(O)COP(=O)(O)OCC(NC(=O)CCCCCCCCCCCC)C(=O)O. The number of rotatable bonds is 40. The molecule has 3 unspecified atom stereocenters. The fraction of sp³-hybridized carbons (Fsp3) is 0.791. The Morgan fingerprint density at radius 2 is 1.00 bits per heavy atom. The average Bonchev–Trinajstić information content (AvgIpc) is 3.16. The van der Waals surface area contributed by atoms with Gasteiger partial charge in [0, 0.05) is 12.8 Å². The molecular formula is C43H78NO10P. The summed E-state index contributed by atoms with van der Waals surface area (Å²) in [6.07, 6.45) is 40.3. The minimum atomic E-state index is -4.75. The second-order valence-electron chi connectivity index (χ2n) is 14.5. The Morgan fingerprint density at radius 3 is 1.53 bits per heavy atom. The van der Waals surface area contributed by atoms with Crippen molar-refractivity contribution in [3.63, 3.8) is 0 Å². The largest absolute Gasteiger partial charge is 0.480 e. The molecule has 0 saturated heterocycles. The zero-order valence-electron chi connectivity index (χ0n) is 34.5. The second-order valence-corrected chi connectivity index (χ2v) is 16.0. The summed E-state index contributed by atoms with van der Waals surface area (Å²) < 4.78 is 26.8. The van der Waals surface area contributed by atoms with Crippen LogP contribution in [0, 0.1) is 0 Å². The first-order valence-electron chi connectivity index (χ1n) is 21.5. The van der Waals surface area contributed by atoms with Gasteiger partial charge in [-0.15, -0.1) is 0 Å². The third kappa shape index (κ3) is 38.4. The van der Waals surface area contributed by atoms with Gasteiger partial charge in [0.15, 0.2) is 6.04 Å². The number of aliphatic carboxylic acids is 1. The summed E-state index contributed by atoms with van der Waals surface area (Å²) in [6, 6.07) is -1.54. The first kappa shape index (κ1) is 52.7. The first-order chi connectivity index (χ1) is 26.6. The van der Waals surface area contributed by atoms with E-state index in [1.165, 1.54) is 89.9 Å². The molecule has 0 radical (unpaired) electrons. The van der Waals surface area contributed by atoms with Gasteiger partial charge in [-0.25, -0.2) is 9.36 Å². The van der Waals surface area contributed by atoms with Gasteiger partial charge in [0.05, 0.1) is 13.2 Å². The zero-order chi connectivity index (χ0) is 40.7. The molecule has 320 valence electrons. The predicted octanol–water partition coefficient (Wildman–Crippen LogP) is 10.8. The van der Waals surface area contributed by atoms with Crippen LogP contribution in [0.3, 0.4) is 0 Å². The van der Waals surface area contributed by atoms with Gasteiger partial charge in [0.1, 0.15) is 12.7 Å². The van der Waals surface area contributed by atoms with Gasteiger partial charge in [-0.1, -0.05) is 159 Å². The lowest BCUT2D eigenvalue weighted by atomic mass is 10.1. The van der Waals surface area contributed by atoms with Crippen molar-refractivity contribution < 1.29 is 47.8 Å². The van der Waals surface area contributed by atoms with Crippen molar-refractivity contribution in [3.8, 4) is 0 Å². The molecule has 0 aromatic carbocycles. The van der Waals surface area contributed by atoms with E-state index >= 15 is 0 Å². The number of carbonyl (C=O) groups excluding carboxylic acids is 2. The van der Waals surface area contributed by atoms with Crippen LogP contribution in [0.15, 0.2) is 36.5 Å². The summed E-state index contributed by atoms with van der Waals surface area (Å²) in [7, 11) is -4.75. The summed E-state index contributed by atoms with van der Waals surface area (Å²) in [5, 5.41) is 21.8. The van der Waals surface area contributed by atoms with Crippen molar-refractivity contribution in [3.05, 3.63) is 36.5 Å². The number of hydrogen-bond donors (Lipinski definition) is 4. The number of ether oxygens (including phenoxy) is 1. The van der Waals surface area contributed by atoms with Gasteiger partial charge in [-0.3, -0.25) is 18.6 Å². The molecule has 0 fully saturated rings. The molecule has 0 saturated carbocycles. The van der Waals surface area contributed by atoms with Gasteiger partial charge in [0.2, 0.25) is 5.91 Å². The Labute approximate surface area is 333 Å². The molecule has 1 amide bonds. The summed E-state index contributed by atoms with van der Waals surface area (Å²) >= 11 is 0. The molecule has 11 nitrogen and oxygen atoms in total. The molecule has 4 N–H and O–H groups in total. The van der Waals surface area contributed by atoms with Crippen molar-refractivity contribution in [2.45, 2.75) is 199 Å². The number of hydrogen-bond acceptors (Lipinski definition) is 8. The Kier molecular flexibility index (Phi) is 37.0. The number of esters is 1. The van der Waals surface area contributed by atoms with Crippen LogP contribution in [-0.2, 0) is 32.7 Å².